The van der Waals surface area contributed by atoms with Gasteiger partial charge in [0.05, 0.1) is 13.2 Å². The van der Waals surface area contributed by atoms with Gasteiger partial charge >= 0.3 is 0 Å². The number of hydrogen-bond donors (Lipinski definition) is 0. The van der Waals surface area contributed by atoms with Crippen LogP contribution in [0.15, 0.2) is 42.5 Å². The van der Waals surface area contributed by atoms with E-state index in [1.165, 1.54) is 0 Å². The molecule has 1 saturated carbocycles. The first-order valence-electron chi connectivity index (χ1n) is 8.12. The molecule has 0 bridgehead atoms. The monoisotopic (exact) mass is 300 g/mol. The molecule has 0 aromatic heterocycles. The minimum absolute atomic E-state index is 0.154. The highest BCUT2D eigenvalue weighted by Gasteiger charge is 2.41. The molecule has 0 radical (unpaired) electrons. The summed E-state index contributed by atoms with van der Waals surface area (Å²) in [7, 11) is 0. The Hall–Kier alpha value is -1.41. The van der Waals surface area contributed by atoms with Crippen LogP contribution in [-0.2, 0) is 16.1 Å². The summed E-state index contributed by atoms with van der Waals surface area (Å²) in [4.78, 5) is 12.5. The van der Waals surface area contributed by atoms with Gasteiger partial charge in [-0.25, -0.2) is 0 Å². The molecular weight excluding hydrogens is 272 g/mol. The van der Waals surface area contributed by atoms with Crippen molar-refractivity contribution in [1.82, 2.24) is 0 Å². The van der Waals surface area contributed by atoms with Gasteiger partial charge in [0.15, 0.2) is 0 Å². The van der Waals surface area contributed by atoms with Crippen molar-refractivity contribution in [1.29, 1.82) is 0 Å². The van der Waals surface area contributed by atoms with Gasteiger partial charge in [0.2, 0.25) is 0 Å². The van der Waals surface area contributed by atoms with Crippen LogP contribution in [-0.4, -0.2) is 12.4 Å². The molecule has 2 heteroatoms. The van der Waals surface area contributed by atoms with Gasteiger partial charge < -0.3 is 4.74 Å². The number of benzene rings is 1. The largest absolute Gasteiger partial charge is 0.372 e. The third-order valence-electron chi connectivity index (χ3n) is 4.72. The fourth-order valence-electron chi connectivity index (χ4n) is 3.17. The SMILES string of the molecule is C=C(COCc1ccccc1)C[C@]1(C)CCC(C)(C)CC1=O. The molecule has 0 unspecified atom stereocenters. The lowest BCUT2D eigenvalue weighted by Crippen LogP contribution is -2.38. The highest BCUT2D eigenvalue weighted by atomic mass is 16.5. The molecule has 1 aromatic rings. The number of carbonyl (C=O) groups excluding carboxylic acids is 1. The van der Waals surface area contributed by atoms with Crippen molar-refractivity contribution in [3.63, 3.8) is 0 Å². The summed E-state index contributed by atoms with van der Waals surface area (Å²) in [5.41, 5.74) is 2.09. The Morgan fingerprint density at radius 2 is 1.86 bits per heavy atom. The second-order valence-electron chi connectivity index (χ2n) is 7.73. The van der Waals surface area contributed by atoms with E-state index in [-0.39, 0.29) is 10.8 Å². The molecule has 0 spiro atoms. The zero-order chi connectivity index (χ0) is 16.2. The summed E-state index contributed by atoms with van der Waals surface area (Å²) in [5, 5.41) is 0. The first-order valence-corrected chi connectivity index (χ1v) is 8.12. The van der Waals surface area contributed by atoms with E-state index >= 15 is 0 Å². The van der Waals surface area contributed by atoms with Crippen molar-refractivity contribution in [2.24, 2.45) is 10.8 Å². The van der Waals surface area contributed by atoms with Crippen LogP contribution in [0.3, 0.4) is 0 Å². The molecule has 0 heterocycles. The van der Waals surface area contributed by atoms with Crippen LogP contribution in [0, 0.1) is 10.8 Å². The zero-order valence-electron chi connectivity index (χ0n) is 14.2. The summed E-state index contributed by atoms with van der Waals surface area (Å²) >= 11 is 0. The second-order valence-corrected chi connectivity index (χ2v) is 7.73. The van der Waals surface area contributed by atoms with E-state index in [9.17, 15) is 4.79 Å². The molecule has 1 fully saturated rings. The minimum Gasteiger partial charge on any atom is -0.372 e. The fourth-order valence-corrected chi connectivity index (χ4v) is 3.17. The van der Waals surface area contributed by atoms with Crippen LogP contribution < -0.4 is 0 Å². The smallest absolute Gasteiger partial charge is 0.139 e. The van der Waals surface area contributed by atoms with Crippen LogP contribution in [0.4, 0.5) is 0 Å². The summed E-state index contributed by atoms with van der Waals surface area (Å²) in [5.74, 6) is 0.382. The number of rotatable bonds is 6. The van der Waals surface area contributed by atoms with E-state index in [0.717, 1.165) is 30.4 Å². The molecule has 1 aromatic carbocycles. The highest BCUT2D eigenvalue weighted by Crippen LogP contribution is 2.45. The maximum Gasteiger partial charge on any atom is 0.139 e. The molecule has 1 aliphatic rings. The van der Waals surface area contributed by atoms with Gasteiger partial charge in [-0.2, -0.15) is 0 Å². The van der Waals surface area contributed by atoms with Crippen molar-refractivity contribution >= 4 is 5.78 Å². The van der Waals surface area contributed by atoms with Crippen molar-refractivity contribution in [2.75, 3.05) is 6.61 Å². The van der Waals surface area contributed by atoms with E-state index in [1.807, 2.05) is 18.2 Å². The number of ether oxygens (including phenoxy) is 1. The van der Waals surface area contributed by atoms with E-state index in [1.54, 1.807) is 0 Å². The molecule has 0 N–H and O–H groups in total. The minimum atomic E-state index is -0.247. The lowest BCUT2D eigenvalue weighted by Gasteiger charge is -2.40. The topological polar surface area (TPSA) is 26.3 Å². The first-order chi connectivity index (χ1) is 10.3. The average molecular weight is 300 g/mol. The standard InChI is InChI=1S/C20H28O2/c1-16(14-22-15-17-8-6-5-7-9-17)12-20(4)11-10-19(2,3)13-18(20)21/h5-9H,1,10-15H2,2-4H3/t20-/m0/s1. The van der Waals surface area contributed by atoms with E-state index in [0.29, 0.717) is 25.4 Å². The lowest BCUT2D eigenvalue weighted by atomic mass is 9.63. The molecule has 0 saturated heterocycles. The number of Topliss-reactive ketones (excluding diaryl/α,β-unsaturated/α-hetero) is 1. The molecule has 120 valence electrons. The lowest BCUT2D eigenvalue weighted by molar-refractivity contribution is -0.134. The third-order valence-corrected chi connectivity index (χ3v) is 4.72. The Labute approximate surface area is 134 Å². The Morgan fingerprint density at radius 1 is 1.18 bits per heavy atom. The first kappa shape index (κ1) is 17.0. The molecule has 0 aliphatic heterocycles. The predicted octanol–water partition coefficient (Wildman–Crippen LogP) is 4.94. The van der Waals surface area contributed by atoms with E-state index < -0.39 is 0 Å². The Bertz CT molecular complexity index is 530. The molecule has 2 rings (SSSR count). The summed E-state index contributed by atoms with van der Waals surface area (Å²) in [6.45, 7) is 11.7. The molecule has 1 atom stereocenters. The number of hydrogen-bond acceptors (Lipinski definition) is 2. The molecular formula is C20H28O2. The molecule has 0 amide bonds. The maximum absolute atomic E-state index is 12.5. The van der Waals surface area contributed by atoms with Crippen molar-refractivity contribution in [3.05, 3.63) is 48.0 Å². The number of carbonyl (C=O) groups is 1. The van der Waals surface area contributed by atoms with Crippen LogP contribution in [0.2, 0.25) is 0 Å². The van der Waals surface area contributed by atoms with Gasteiger partial charge in [-0.15, -0.1) is 0 Å². The predicted molar refractivity (Wildman–Crippen MR) is 90.6 cm³/mol. The highest BCUT2D eigenvalue weighted by molar-refractivity contribution is 5.86. The Kier molecular flexibility index (Phi) is 5.23. The Morgan fingerprint density at radius 3 is 2.50 bits per heavy atom. The Balaban J connectivity index is 1.80. The summed E-state index contributed by atoms with van der Waals surface area (Å²) in [6, 6.07) is 10.1. The summed E-state index contributed by atoms with van der Waals surface area (Å²) < 4.78 is 5.73. The van der Waals surface area contributed by atoms with Gasteiger partial charge in [0.1, 0.15) is 5.78 Å². The van der Waals surface area contributed by atoms with Crippen LogP contribution >= 0.6 is 0 Å². The molecule has 22 heavy (non-hydrogen) atoms. The van der Waals surface area contributed by atoms with Crippen molar-refractivity contribution in [2.45, 2.75) is 53.1 Å². The second kappa shape index (κ2) is 6.78. The van der Waals surface area contributed by atoms with Crippen LogP contribution in [0.1, 0.15) is 52.0 Å². The van der Waals surface area contributed by atoms with E-state index in [4.69, 9.17) is 4.74 Å². The van der Waals surface area contributed by atoms with E-state index in [2.05, 4.69) is 39.5 Å². The van der Waals surface area contributed by atoms with Crippen molar-refractivity contribution in [3.8, 4) is 0 Å². The molecule has 2 nitrogen and oxygen atoms in total. The van der Waals surface area contributed by atoms with Gasteiger partial charge in [-0.05, 0) is 30.2 Å². The van der Waals surface area contributed by atoms with Crippen molar-refractivity contribution < 1.29 is 9.53 Å². The number of ketones is 1. The van der Waals surface area contributed by atoms with Crippen LogP contribution in [0.5, 0.6) is 0 Å². The maximum atomic E-state index is 12.5. The van der Waals surface area contributed by atoms with Gasteiger partial charge in [0, 0.05) is 11.8 Å². The normalized spacial score (nSPS) is 24.2. The third kappa shape index (κ3) is 4.54. The zero-order valence-corrected chi connectivity index (χ0v) is 14.2. The fraction of sp³-hybridized carbons (Fsp3) is 0.550. The van der Waals surface area contributed by atoms with Gasteiger partial charge in [-0.3, -0.25) is 4.79 Å². The quantitative estimate of drug-likeness (QED) is 0.696. The van der Waals surface area contributed by atoms with Crippen LogP contribution in [0.25, 0.3) is 0 Å². The molecule has 1 aliphatic carbocycles. The average Bonchev–Trinajstić information content (AvgIpc) is 2.45. The van der Waals surface area contributed by atoms with Gasteiger partial charge in [0.25, 0.3) is 0 Å². The van der Waals surface area contributed by atoms with Gasteiger partial charge in [-0.1, -0.05) is 63.3 Å². The summed E-state index contributed by atoms with van der Waals surface area (Å²) in [6.07, 6.45) is 3.49.